The first kappa shape index (κ1) is 27.1. The number of carbonyl (C=O) groups excluding carboxylic acids is 1. The summed E-state index contributed by atoms with van der Waals surface area (Å²) in [5.41, 5.74) is 14.1. The van der Waals surface area contributed by atoms with Gasteiger partial charge in [-0.1, -0.05) is 0 Å². The molecule has 3 N–H and O–H groups in total. The number of anilines is 1. The lowest BCUT2D eigenvalue weighted by Crippen LogP contribution is -2.43. The van der Waals surface area contributed by atoms with E-state index in [1.54, 1.807) is 11.3 Å². The molecule has 6 nitrogen and oxygen atoms in total. The Morgan fingerprint density at radius 1 is 1.08 bits per heavy atom. The van der Waals surface area contributed by atoms with Gasteiger partial charge in [0.15, 0.2) is 0 Å². The van der Waals surface area contributed by atoms with E-state index in [1.807, 2.05) is 38.3 Å². The highest BCUT2D eigenvalue weighted by Crippen LogP contribution is 2.41. The number of thiophene rings is 1. The average Bonchev–Trinajstić information content (AvgIpc) is 3.38. The quantitative estimate of drug-likeness (QED) is 0.416. The van der Waals surface area contributed by atoms with Gasteiger partial charge in [-0.05, 0) is 124 Å². The molecule has 2 heterocycles. The Balaban J connectivity index is 1.93. The fraction of sp³-hybridized carbons (Fsp3) is 0.467. The third-order valence-electron chi connectivity index (χ3n) is 8.07. The smallest absolute Gasteiger partial charge is 0.251 e. The number of nitrogens with zero attached hydrogens (tertiary/aromatic N) is 2. The van der Waals surface area contributed by atoms with Crippen LogP contribution in [0, 0.1) is 20.8 Å². The summed E-state index contributed by atoms with van der Waals surface area (Å²) < 4.78 is 0. The Bertz CT molecular complexity index is 1320. The molecular weight excluding hydrogens is 480 g/mol. The highest BCUT2D eigenvalue weighted by molar-refractivity contribution is 7.08. The van der Waals surface area contributed by atoms with Crippen LogP contribution < -0.4 is 16.2 Å². The zero-order chi connectivity index (χ0) is 26.9. The van der Waals surface area contributed by atoms with Crippen molar-refractivity contribution in [1.29, 1.82) is 0 Å². The van der Waals surface area contributed by atoms with Crippen LogP contribution in [0.25, 0.3) is 11.1 Å². The van der Waals surface area contributed by atoms with Crippen molar-refractivity contribution in [3.63, 3.8) is 0 Å². The number of pyridine rings is 1. The second-order valence-electron chi connectivity index (χ2n) is 10.6. The maximum absolute atomic E-state index is 13.1. The molecule has 198 valence electrons. The highest BCUT2D eigenvalue weighted by atomic mass is 32.1. The van der Waals surface area contributed by atoms with Crippen LogP contribution in [-0.2, 0) is 6.42 Å². The number of amides is 1. The average molecular weight is 521 g/mol. The number of primary amides is 1. The second kappa shape index (κ2) is 11.2. The second-order valence-corrected chi connectivity index (χ2v) is 11.4. The van der Waals surface area contributed by atoms with Crippen LogP contribution in [0.2, 0.25) is 0 Å². The molecule has 0 saturated heterocycles. The van der Waals surface area contributed by atoms with Crippen molar-refractivity contribution < 1.29 is 4.79 Å². The van der Waals surface area contributed by atoms with Gasteiger partial charge in [-0.15, -0.1) is 0 Å². The number of nitrogens with one attached hydrogen (secondary N) is 1. The van der Waals surface area contributed by atoms with Crippen molar-refractivity contribution in [2.45, 2.75) is 71.9 Å². The van der Waals surface area contributed by atoms with Crippen LogP contribution in [0.15, 0.2) is 33.8 Å². The summed E-state index contributed by atoms with van der Waals surface area (Å²) in [5.74, 6) is -0.418. The molecule has 4 rings (SSSR count). The predicted octanol–water partition coefficient (Wildman–Crippen LogP) is 5.42. The Hall–Kier alpha value is -2.90. The lowest BCUT2D eigenvalue weighted by Gasteiger charge is -2.41. The first-order valence-electron chi connectivity index (χ1n) is 13.2. The molecule has 0 atom stereocenters. The maximum Gasteiger partial charge on any atom is 0.251 e. The molecule has 1 amide bonds. The molecule has 0 aliphatic heterocycles. The Kier molecular flexibility index (Phi) is 8.24. The molecule has 0 spiro atoms. The van der Waals surface area contributed by atoms with Gasteiger partial charge in [0.25, 0.3) is 5.56 Å². The summed E-state index contributed by atoms with van der Waals surface area (Å²) in [6.07, 6.45) is 4.96. The Morgan fingerprint density at radius 2 is 1.76 bits per heavy atom. The molecule has 1 aromatic carbocycles. The summed E-state index contributed by atoms with van der Waals surface area (Å²) in [6, 6.07) is 7.02. The molecule has 1 aliphatic rings. The van der Waals surface area contributed by atoms with E-state index in [0.29, 0.717) is 24.1 Å². The number of hydrogen-bond acceptors (Lipinski definition) is 5. The first-order valence-corrected chi connectivity index (χ1v) is 14.2. The molecular formula is C30H40N4O2S. The van der Waals surface area contributed by atoms with E-state index in [4.69, 9.17) is 5.73 Å². The van der Waals surface area contributed by atoms with Gasteiger partial charge < -0.3 is 20.5 Å². The zero-order valence-corrected chi connectivity index (χ0v) is 23.8. The van der Waals surface area contributed by atoms with E-state index >= 15 is 0 Å². The first-order chi connectivity index (χ1) is 17.6. The van der Waals surface area contributed by atoms with E-state index in [9.17, 15) is 9.59 Å². The number of nitrogens with two attached hydrogens (primary N) is 1. The van der Waals surface area contributed by atoms with Gasteiger partial charge in [-0.25, -0.2) is 0 Å². The van der Waals surface area contributed by atoms with Crippen LogP contribution in [0.1, 0.15) is 70.9 Å². The SMILES string of the molecule is CCN(c1c(C)c(C(N)=O)cc(-c2ccsc2)c1Cc1c(C)cc(C)[nH]c1=O)C1CCC(N(C)C)CC1. The molecule has 37 heavy (non-hydrogen) atoms. The van der Waals surface area contributed by atoms with Gasteiger partial charge >= 0.3 is 0 Å². The van der Waals surface area contributed by atoms with Gasteiger partial charge in [-0.2, -0.15) is 11.3 Å². The van der Waals surface area contributed by atoms with Crippen LogP contribution in [0.5, 0.6) is 0 Å². The number of aryl methyl sites for hydroxylation is 2. The predicted molar refractivity (Wildman–Crippen MR) is 155 cm³/mol. The molecule has 1 fully saturated rings. The molecule has 1 aliphatic carbocycles. The van der Waals surface area contributed by atoms with Crippen molar-refractivity contribution in [3.05, 3.63) is 72.8 Å². The number of carbonyl (C=O) groups is 1. The molecule has 3 aromatic rings. The van der Waals surface area contributed by atoms with Crippen molar-refractivity contribution in [1.82, 2.24) is 9.88 Å². The minimum atomic E-state index is -0.418. The standard InChI is InChI=1S/C30H40N4O2S/c1-7-34(23-10-8-22(9-11-23)33(5)6)28-20(4)25(29(31)35)16-26(21-12-13-37-17-21)27(28)15-24-18(2)14-19(3)32-30(24)36/h12-14,16-17,22-23H,7-11,15H2,1-6H3,(H2,31,35)(H,32,36). The minimum absolute atomic E-state index is 0.0501. The summed E-state index contributed by atoms with van der Waals surface area (Å²) >= 11 is 1.62. The van der Waals surface area contributed by atoms with Crippen LogP contribution >= 0.6 is 11.3 Å². The summed E-state index contributed by atoms with van der Waals surface area (Å²) in [5, 5.41) is 4.15. The summed E-state index contributed by atoms with van der Waals surface area (Å²) in [7, 11) is 4.32. The fourth-order valence-corrected chi connectivity index (χ4v) is 6.74. The maximum atomic E-state index is 13.1. The summed E-state index contributed by atoms with van der Waals surface area (Å²) in [4.78, 5) is 33.6. The lowest BCUT2D eigenvalue weighted by atomic mass is 9.85. The largest absolute Gasteiger partial charge is 0.368 e. The van der Waals surface area contributed by atoms with Crippen LogP contribution in [-0.4, -0.2) is 48.5 Å². The normalized spacial score (nSPS) is 17.8. The number of aromatic nitrogens is 1. The highest BCUT2D eigenvalue weighted by Gasteiger charge is 2.31. The van der Waals surface area contributed by atoms with Gasteiger partial charge in [-0.3, -0.25) is 9.59 Å². The third-order valence-corrected chi connectivity index (χ3v) is 8.75. The van der Waals surface area contributed by atoms with Gasteiger partial charge in [0.05, 0.1) is 0 Å². The van der Waals surface area contributed by atoms with E-state index in [1.165, 1.54) is 0 Å². The van der Waals surface area contributed by atoms with Crippen molar-refractivity contribution >= 4 is 22.9 Å². The van der Waals surface area contributed by atoms with E-state index in [-0.39, 0.29) is 5.56 Å². The van der Waals surface area contributed by atoms with E-state index in [0.717, 1.165) is 77.0 Å². The van der Waals surface area contributed by atoms with Crippen molar-refractivity contribution in [2.24, 2.45) is 5.73 Å². The summed E-state index contributed by atoms with van der Waals surface area (Å²) in [6.45, 7) is 8.93. The number of aromatic amines is 1. The lowest BCUT2D eigenvalue weighted by molar-refractivity contribution is 0.0999. The number of benzene rings is 1. The number of H-pyrrole nitrogens is 1. The monoisotopic (exact) mass is 520 g/mol. The molecule has 0 radical (unpaired) electrons. The van der Waals surface area contributed by atoms with Crippen LogP contribution in [0.3, 0.4) is 0 Å². The van der Waals surface area contributed by atoms with Crippen molar-refractivity contribution in [3.8, 4) is 11.1 Å². The Labute approximate surface area is 224 Å². The third kappa shape index (κ3) is 5.53. The minimum Gasteiger partial charge on any atom is -0.368 e. The van der Waals surface area contributed by atoms with Gasteiger partial charge in [0.1, 0.15) is 0 Å². The van der Waals surface area contributed by atoms with Gasteiger partial charge in [0, 0.05) is 47.6 Å². The van der Waals surface area contributed by atoms with Crippen LogP contribution in [0.4, 0.5) is 5.69 Å². The van der Waals surface area contributed by atoms with Gasteiger partial charge in [0.2, 0.25) is 5.91 Å². The van der Waals surface area contributed by atoms with E-state index < -0.39 is 5.91 Å². The molecule has 1 saturated carbocycles. The van der Waals surface area contributed by atoms with Crippen molar-refractivity contribution in [2.75, 3.05) is 25.5 Å². The van der Waals surface area contributed by atoms with E-state index in [2.05, 4.69) is 47.2 Å². The molecule has 2 aromatic heterocycles. The molecule has 7 heteroatoms. The molecule has 0 bridgehead atoms. The zero-order valence-electron chi connectivity index (χ0n) is 23.0. The topological polar surface area (TPSA) is 82.4 Å². The fourth-order valence-electron chi connectivity index (χ4n) is 6.08. The number of rotatable bonds is 8. The Morgan fingerprint density at radius 3 is 2.30 bits per heavy atom. The number of hydrogen-bond donors (Lipinski definition) is 2. The molecule has 0 unspecified atom stereocenters.